The van der Waals surface area contributed by atoms with Gasteiger partial charge < -0.3 is 14.8 Å². The standard InChI is InChI=1S/C30H33N5O2S2/c1-18-10-11-19(2)27(15-18)34-21(4)17-24(22(34)5)29-28(26-9-7-8-14-31-26)32-30(38)35(29)23-12-13-25(20(3)16-23)33-39(6,36)37/h7-17,28-29,33H,1-6H3,(H,32,38)/t28-,29-/m1/s1. The van der Waals surface area contributed by atoms with Crippen LogP contribution in [-0.4, -0.2) is 29.3 Å². The summed E-state index contributed by atoms with van der Waals surface area (Å²) >= 11 is 5.92. The van der Waals surface area contributed by atoms with Gasteiger partial charge in [-0.2, -0.15) is 0 Å². The zero-order valence-corrected chi connectivity index (χ0v) is 24.6. The molecule has 2 N–H and O–H groups in total. The lowest BCUT2D eigenvalue weighted by Crippen LogP contribution is -2.29. The van der Waals surface area contributed by atoms with Crippen LogP contribution in [0.25, 0.3) is 5.69 Å². The Morgan fingerprint density at radius 1 is 0.949 bits per heavy atom. The lowest BCUT2D eigenvalue weighted by molar-refractivity contribution is 0.565. The summed E-state index contributed by atoms with van der Waals surface area (Å²) in [6, 6.07) is 20.0. The Labute approximate surface area is 235 Å². The van der Waals surface area contributed by atoms with Gasteiger partial charge in [0.25, 0.3) is 0 Å². The van der Waals surface area contributed by atoms with E-state index in [-0.39, 0.29) is 12.1 Å². The zero-order chi connectivity index (χ0) is 28.1. The minimum Gasteiger partial charge on any atom is -0.351 e. The van der Waals surface area contributed by atoms with E-state index in [1.165, 1.54) is 11.1 Å². The predicted octanol–water partition coefficient (Wildman–Crippen LogP) is 5.96. The van der Waals surface area contributed by atoms with Gasteiger partial charge in [0.2, 0.25) is 10.0 Å². The Morgan fingerprint density at radius 3 is 2.38 bits per heavy atom. The summed E-state index contributed by atoms with van der Waals surface area (Å²) in [5.74, 6) is 0. The molecule has 1 fully saturated rings. The van der Waals surface area contributed by atoms with Crippen LogP contribution < -0.4 is 14.9 Å². The highest BCUT2D eigenvalue weighted by Gasteiger charge is 2.42. The van der Waals surface area contributed by atoms with E-state index in [4.69, 9.17) is 12.2 Å². The average Bonchev–Trinajstić information content (AvgIpc) is 3.37. The average molecular weight is 560 g/mol. The smallest absolute Gasteiger partial charge is 0.229 e. The molecule has 3 heterocycles. The molecule has 0 amide bonds. The van der Waals surface area contributed by atoms with Gasteiger partial charge in [-0.1, -0.05) is 18.2 Å². The third-order valence-electron chi connectivity index (χ3n) is 7.28. The molecular weight excluding hydrogens is 526 g/mol. The van der Waals surface area contributed by atoms with E-state index in [0.29, 0.717) is 10.8 Å². The quantitative estimate of drug-likeness (QED) is 0.284. The molecule has 1 aliphatic rings. The van der Waals surface area contributed by atoms with Crippen molar-refractivity contribution in [2.24, 2.45) is 0 Å². The van der Waals surface area contributed by atoms with Gasteiger partial charge in [0.15, 0.2) is 5.11 Å². The number of pyridine rings is 1. The van der Waals surface area contributed by atoms with Crippen molar-refractivity contribution in [1.82, 2.24) is 14.9 Å². The Balaban J connectivity index is 1.67. The molecule has 39 heavy (non-hydrogen) atoms. The summed E-state index contributed by atoms with van der Waals surface area (Å²) in [5.41, 5.74) is 10.1. The third kappa shape index (κ3) is 5.16. The number of thiocarbonyl (C=S) groups is 1. The third-order valence-corrected chi connectivity index (χ3v) is 8.18. The summed E-state index contributed by atoms with van der Waals surface area (Å²) in [4.78, 5) is 6.81. The Bertz CT molecular complexity index is 1680. The van der Waals surface area contributed by atoms with Crippen molar-refractivity contribution in [3.8, 4) is 5.69 Å². The van der Waals surface area contributed by atoms with E-state index in [0.717, 1.165) is 45.8 Å². The van der Waals surface area contributed by atoms with Gasteiger partial charge in [-0.25, -0.2) is 8.42 Å². The Hall–Kier alpha value is -3.69. The lowest BCUT2D eigenvalue weighted by Gasteiger charge is -2.29. The fraction of sp³-hybridized carbons (Fsp3) is 0.267. The van der Waals surface area contributed by atoms with Gasteiger partial charge in [0.1, 0.15) is 0 Å². The fourth-order valence-corrected chi connectivity index (χ4v) is 6.45. The number of aromatic nitrogens is 2. The summed E-state index contributed by atoms with van der Waals surface area (Å²) in [5, 5.41) is 4.12. The Kier molecular flexibility index (Phi) is 6.99. The van der Waals surface area contributed by atoms with Crippen LogP contribution in [0, 0.1) is 34.6 Å². The molecule has 0 aliphatic carbocycles. The predicted molar refractivity (Wildman–Crippen MR) is 162 cm³/mol. The maximum Gasteiger partial charge on any atom is 0.229 e. The van der Waals surface area contributed by atoms with Crippen LogP contribution in [0.15, 0.2) is 66.9 Å². The topological polar surface area (TPSA) is 79.3 Å². The molecular formula is C30H33N5O2S2. The number of anilines is 2. The van der Waals surface area contributed by atoms with Crippen molar-refractivity contribution in [2.45, 2.75) is 46.7 Å². The number of sulfonamides is 1. The van der Waals surface area contributed by atoms with E-state index in [9.17, 15) is 8.42 Å². The van der Waals surface area contributed by atoms with E-state index < -0.39 is 10.0 Å². The molecule has 5 rings (SSSR count). The van der Waals surface area contributed by atoms with Crippen molar-refractivity contribution in [3.63, 3.8) is 0 Å². The van der Waals surface area contributed by atoms with Crippen molar-refractivity contribution in [1.29, 1.82) is 0 Å². The SMILES string of the molecule is Cc1ccc(C)c(-n2c(C)cc([C@@H]3[C@@H](c4ccccn4)NC(=S)N3c3ccc(NS(C)(=O)=O)c(C)c3)c2C)c1. The highest BCUT2D eigenvalue weighted by molar-refractivity contribution is 7.92. The summed E-state index contributed by atoms with van der Waals surface area (Å²) in [6.45, 7) is 10.4. The van der Waals surface area contributed by atoms with Crippen molar-refractivity contribution in [3.05, 3.63) is 106 Å². The number of benzene rings is 2. The lowest BCUT2D eigenvalue weighted by atomic mass is 9.96. The van der Waals surface area contributed by atoms with Crippen LogP contribution in [0.5, 0.6) is 0 Å². The zero-order valence-electron chi connectivity index (χ0n) is 23.0. The second-order valence-corrected chi connectivity index (χ2v) is 12.5. The van der Waals surface area contributed by atoms with Crippen LogP contribution >= 0.6 is 12.2 Å². The van der Waals surface area contributed by atoms with E-state index >= 15 is 0 Å². The molecule has 1 aliphatic heterocycles. The first-order valence-corrected chi connectivity index (χ1v) is 15.1. The minimum atomic E-state index is -3.39. The van der Waals surface area contributed by atoms with E-state index in [2.05, 4.69) is 76.5 Å². The van der Waals surface area contributed by atoms with Crippen LogP contribution in [0.1, 0.15) is 51.4 Å². The molecule has 1 saturated heterocycles. The molecule has 7 nitrogen and oxygen atoms in total. The van der Waals surface area contributed by atoms with Crippen LogP contribution in [0.3, 0.4) is 0 Å². The van der Waals surface area contributed by atoms with Gasteiger partial charge in [-0.15, -0.1) is 0 Å². The molecule has 9 heteroatoms. The molecule has 2 aromatic carbocycles. The van der Waals surface area contributed by atoms with Crippen molar-refractivity contribution in [2.75, 3.05) is 15.9 Å². The molecule has 0 spiro atoms. The highest BCUT2D eigenvalue weighted by Crippen LogP contribution is 2.44. The molecule has 2 atom stereocenters. The summed E-state index contributed by atoms with van der Waals surface area (Å²) in [7, 11) is -3.39. The fourth-order valence-electron chi connectivity index (χ4n) is 5.48. The largest absolute Gasteiger partial charge is 0.351 e. The molecule has 0 bridgehead atoms. The van der Waals surface area contributed by atoms with Gasteiger partial charge in [-0.3, -0.25) is 9.71 Å². The van der Waals surface area contributed by atoms with Crippen molar-refractivity contribution >= 4 is 38.7 Å². The molecule has 0 radical (unpaired) electrons. The molecule has 202 valence electrons. The van der Waals surface area contributed by atoms with Gasteiger partial charge >= 0.3 is 0 Å². The number of hydrogen-bond acceptors (Lipinski definition) is 4. The second kappa shape index (κ2) is 10.1. The normalized spacial score (nSPS) is 17.4. The highest BCUT2D eigenvalue weighted by atomic mass is 32.2. The molecule has 2 aromatic heterocycles. The van der Waals surface area contributed by atoms with Crippen molar-refractivity contribution < 1.29 is 8.42 Å². The summed E-state index contributed by atoms with van der Waals surface area (Å²) in [6.07, 6.45) is 2.95. The first-order valence-electron chi connectivity index (χ1n) is 12.8. The van der Waals surface area contributed by atoms with Crippen LogP contribution in [0.4, 0.5) is 11.4 Å². The Morgan fingerprint density at radius 2 is 1.72 bits per heavy atom. The van der Waals surface area contributed by atoms with Gasteiger partial charge in [0, 0.05) is 29.0 Å². The first kappa shape index (κ1) is 26.9. The minimum absolute atomic E-state index is 0.175. The molecule has 0 unspecified atom stereocenters. The maximum absolute atomic E-state index is 11.9. The van der Waals surface area contributed by atoms with Gasteiger partial charge in [-0.05, 0) is 112 Å². The number of hydrogen-bond donors (Lipinski definition) is 2. The van der Waals surface area contributed by atoms with E-state index in [1.807, 2.05) is 37.3 Å². The molecule has 4 aromatic rings. The number of rotatable bonds is 6. The van der Waals surface area contributed by atoms with E-state index in [1.54, 1.807) is 12.3 Å². The van der Waals surface area contributed by atoms with Crippen LogP contribution in [-0.2, 0) is 10.0 Å². The maximum atomic E-state index is 11.9. The van der Waals surface area contributed by atoms with Gasteiger partial charge in [0.05, 0.1) is 29.7 Å². The first-order chi connectivity index (χ1) is 18.4. The number of nitrogens with one attached hydrogen (secondary N) is 2. The monoisotopic (exact) mass is 559 g/mol. The second-order valence-electron chi connectivity index (χ2n) is 10.3. The summed E-state index contributed by atoms with van der Waals surface area (Å²) < 4.78 is 28.6. The number of nitrogens with zero attached hydrogens (tertiary/aromatic N) is 3. The number of aryl methyl sites for hydroxylation is 4. The molecule has 0 saturated carbocycles. The van der Waals surface area contributed by atoms with Crippen LogP contribution in [0.2, 0.25) is 0 Å².